The predicted molar refractivity (Wildman–Crippen MR) is 102 cm³/mol. The van der Waals surface area contributed by atoms with Crippen molar-refractivity contribution in [1.82, 2.24) is 20.3 Å². The highest BCUT2D eigenvalue weighted by Gasteiger charge is 2.31. The van der Waals surface area contributed by atoms with Crippen LogP contribution in [0.2, 0.25) is 0 Å². The van der Waals surface area contributed by atoms with Crippen molar-refractivity contribution in [2.45, 2.75) is 6.18 Å². The number of aliphatic imine (C=N–C) groups is 1. The third-order valence-electron chi connectivity index (χ3n) is 3.87. The molecule has 0 aliphatic carbocycles. The number of nitrogens with one attached hydrogen (secondary N) is 1. The van der Waals surface area contributed by atoms with Gasteiger partial charge < -0.3 is 11.1 Å². The zero-order valence-electron chi connectivity index (χ0n) is 15.1. The van der Waals surface area contributed by atoms with E-state index in [9.17, 15) is 18.0 Å². The first-order chi connectivity index (χ1) is 13.8. The van der Waals surface area contributed by atoms with Gasteiger partial charge >= 0.3 is 6.18 Å². The number of fused-ring (bicyclic) bond motifs is 1. The molecule has 0 unspecified atom stereocenters. The maximum absolute atomic E-state index is 12.6. The van der Waals surface area contributed by atoms with E-state index in [4.69, 9.17) is 5.73 Å². The van der Waals surface area contributed by atoms with E-state index in [1.54, 1.807) is 30.7 Å². The van der Waals surface area contributed by atoms with Crippen molar-refractivity contribution in [3.05, 3.63) is 66.3 Å². The number of nitrogens with two attached hydrogens (primary N) is 1. The standard InChI is InChI=1S/C19H15F3N6O/c1-24-16(9-15(23)19(20,21)22)28-18(29)12-4-3-11-7-13(10-27-14(11)8-12)17-25-5-2-6-26-17/h2-10H,23H2,1H3,(H,24,28,29). The number of rotatable bonds is 3. The molecule has 10 heteroatoms. The number of halogens is 3. The Morgan fingerprint density at radius 3 is 2.55 bits per heavy atom. The average molecular weight is 400 g/mol. The highest BCUT2D eigenvalue weighted by molar-refractivity contribution is 6.11. The molecule has 148 valence electrons. The molecule has 3 rings (SSSR count). The Morgan fingerprint density at radius 1 is 1.17 bits per heavy atom. The molecule has 0 fully saturated rings. The van der Waals surface area contributed by atoms with E-state index in [1.165, 1.54) is 19.2 Å². The molecule has 0 radical (unpaired) electrons. The number of allylic oxidation sites excluding steroid dienone is 1. The Labute approximate surface area is 163 Å². The summed E-state index contributed by atoms with van der Waals surface area (Å²) in [5.41, 5.74) is 5.04. The average Bonchev–Trinajstić information content (AvgIpc) is 2.72. The Hall–Kier alpha value is -3.82. The van der Waals surface area contributed by atoms with Crippen LogP contribution in [-0.2, 0) is 0 Å². The number of carbonyl (C=O) groups is 1. The zero-order chi connectivity index (χ0) is 21.0. The quantitative estimate of drug-likeness (QED) is 0.519. The lowest BCUT2D eigenvalue weighted by Crippen LogP contribution is -2.31. The van der Waals surface area contributed by atoms with Crippen LogP contribution in [0, 0.1) is 0 Å². The van der Waals surface area contributed by atoms with Crippen LogP contribution in [0.1, 0.15) is 10.4 Å². The molecule has 0 saturated heterocycles. The molecule has 1 aromatic carbocycles. The van der Waals surface area contributed by atoms with Crippen molar-refractivity contribution >= 4 is 22.6 Å². The van der Waals surface area contributed by atoms with Gasteiger partial charge in [-0.3, -0.25) is 14.8 Å². The van der Waals surface area contributed by atoms with Gasteiger partial charge in [-0.15, -0.1) is 0 Å². The fraction of sp³-hybridized carbons (Fsp3) is 0.105. The Morgan fingerprint density at radius 2 is 1.90 bits per heavy atom. The van der Waals surface area contributed by atoms with Crippen LogP contribution in [0.15, 0.2) is 65.7 Å². The van der Waals surface area contributed by atoms with E-state index in [-0.39, 0.29) is 11.4 Å². The van der Waals surface area contributed by atoms with Crippen molar-refractivity contribution in [1.29, 1.82) is 0 Å². The minimum Gasteiger partial charge on any atom is -0.395 e. The van der Waals surface area contributed by atoms with E-state index >= 15 is 0 Å². The summed E-state index contributed by atoms with van der Waals surface area (Å²) in [5.74, 6) is -0.438. The summed E-state index contributed by atoms with van der Waals surface area (Å²) >= 11 is 0. The van der Waals surface area contributed by atoms with Crippen molar-refractivity contribution < 1.29 is 18.0 Å². The van der Waals surface area contributed by atoms with E-state index in [1.807, 2.05) is 6.07 Å². The minimum absolute atomic E-state index is 0.203. The van der Waals surface area contributed by atoms with Gasteiger partial charge in [-0.05, 0) is 24.3 Å². The molecule has 0 saturated carbocycles. The van der Waals surface area contributed by atoms with Crippen LogP contribution >= 0.6 is 0 Å². The Balaban J connectivity index is 1.83. The van der Waals surface area contributed by atoms with Gasteiger partial charge in [0.1, 0.15) is 11.5 Å². The summed E-state index contributed by atoms with van der Waals surface area (Å²) < 4.78 is 37.7. The van der Waals surface area contributed by atoms with Crippen LogP contribution in [0.5, 0.6) is 0 Å². The number of pyridine rings is 1. The fourth-order valence-corrected chi connectivity index (χ4v) is 2.41. The number of hydrogen-bond donors (Lipinski definition) is 2. The Kier molecular flexibility index (Phi) is 5.53. The van der Waals surface area contributed by atoms with Crippen LogP contribution in [0.3, 0.4) is 0 Å². The van der Waals surface area contributed by atoms with Gasteiger partial charge in [0.15, 0.2) is 5.82 Å². The van der Waals surface area contributed by atoms with E-state index in [0.717, 1.165) is 5.39 Å². The van der Waals surface area contributed by atoms with Crippen LogP contribution in [0.4, 0.5) is 13.2 Å². The van der Waals surface area contributed by atoms with Crippen molar-refractivity contribution in [2.24, 2.45) is 10.7 Å². The van der Waals surface area contributed by atoms with Gasteiger partial charge in [0.25, 0.3) is 5.91 Å². The van der Waals surface area contributed by atoms with Crippen LogP contribution < -0.4 is 11.1 Å². The summed E-state index contributed by atoms with van der Waals surface area (Å²) in [6.45, 7) is 0. The lowest BCUT2D eigenvalue weighted by atomic mass is 10.1. The number of carbonyl (C=O) groups excluding carboxylic acids is 1. The molecule has 0 bridgehead atoms. The second kappa shape index (κ2) is 8.05. The second-order valence-corrected chi connectivity index (χ2v) is 5.86. The third-order valence-corrected chi connectivity index (χ3v) is 3.87. The lowest BCUT2D eigenvalue weighted by Gasteiger charge is -2.09. The van der Waals surface area contributed by atoms with E-state index < -0.39 is 17.8 Å². The normalized spacial score (nSPS) is 12.8. The smallest absolute Gasteiger partial charge is 0.395 e. The number of amidine groups is 1. The molecule has 3 aromatic rings. The summed E-state index contributed by atoms with van der Waals surface area (Å²) in [6.07, 6.45) is 0.655. The molecule has 7 nitrogen and oxygen atoms in total. The second-order valence-electron chi connectivity index (χ2n) is 5.86. The van der Waals surface area contributed by atoms with Gasteiger partial charge in [-0.1, -0.05) is 6.07 Å². The van der Waals surface area contributed by atoms with Crippen molar-refractivity contribution in [2.75, 3.05) is 7.05 Å². The third kappa shape index (κ3) is 4.72. The molecule has 1 amide bonds. The maximum atomic E-state index is 12.6. The van der Waals surface area contributed by atoms with Crippen molar-refractivity contribution in [3.63, 3.8) is 0 Å². The van der Waals surface area contributed by atoms with Gasteiger partial charge in [0.05, 0.1) is 5.52 Å². The number of alkyl halides is 3. The summed E-state index contributed by atoms with van der Waals surface area (Å²) in [5, 5.41) is 3.04. The van der Waals surface area contributed by atoms with Crippen LogP contribution in [-0.4, -0.2) is 39.9 Å². The minimum atomic E-state index is -4.71. The largest absolute Gasteiger partial charge is 0.430 e. The summed E-state index contributed by atoms with van der Waals surface area (Å²) in [7, 11) is 1.24. The maximum Gasteiger partial charge on any atom is 0.430 e. The topological polar surface area (TPSA) is 106 Å². The molecule has 0 spiro atoms. The van der Waals surface area contributed by atoms with E-state index in [2.05, 4.69) is 25.3 Å². The first kappa shape index (κ1) is 19.9. The SMILES string of the molecule is CN=C(C=C(N)C(F)(F)F)NC(=O)c1ccc2cc(-c3ncccn3)cnc2c1. The molecule has 2 aromatic heterocycles. The lowest BCUT2D eigenvalue weighted by molar-refractivity contribution is -0.0925. The first-order valence-corrected chi connectivity index (χ1v) is 8.27. The molecular weight excluding hydrogens is 385 g/mol. The number of aromatic nitrogens is 3. The first-order valence-electron chi connectivity index (χ1n) is 8.27. The number of nitrogens with zero attached hydrogens (tertiary/aromatic N) is 4. The summed E-state index contributed by atoms with van der Waals surface area (Å²) in [6, 6.07) is 8.25. The highest BCUT2D eigenvalue weighted by atomic mass is 19.4. The molecule has 0 aliphatic rings. The van der Waals surface area contributed by atoms with Gasteiger partial charge in [-0.25, -0.2) is 9.97 Å². The van der Waals surface area contributed by atoms with E-state index in [0.29, 0.717) is 23.0 Å². The van der Waals surface area contributed by atoms with Gasteiger partial charge in [0.2, 0.25) is 0 Å². The summed E-state index contributed by atoms with van der Waals surface area (Å²) in [4.78, 5) is 28.6. The fourth-order valence-electron chi connectivity index (χ4n) is 2.41. The monoisotopic (exact) mass is 400 g/mol. The zero-order valence-corrected chi connectivity index (χ0v) is 15.1. The Bertz CT molecular complexity index is 1110. The molecule has 29 heavy (non-hydrogen) atoms. The molecule has 2 heterocycles. The predicted octanol–water partition coefficient (Wildman–Crippen LogP) is 2.85. The molecular formula is C19H15F3N6O. The van der Waals surface area contributed by atoms with Crippen molar-refractivity contribution in [3.8, 4) is 11.4 Å². The molecule has 3 N–H and O–H groups in total. The molecule has 0 atom stereocenters. The van der Waals surface area contributed by atoms with Gasteiger partial charge in [0, 0.05) is 48.2 Å². The number of benzene rings is 1. The number of amides is 1. The van der Waals surface area contributed by atoms with Gasteiger partial charge in [-0.2, -0.15) is 13.2 Å². The number of hydrogen-bond acceptors (Lipinski definition) is 6. The highest BCUT2D eigenvalue weighted by Crippen LogP contribution is 2.22. The van der Waals surface area contributed by atoms with Crippen LogP contribution in [0.25, 0.3) is 22.3 Å². The molecule has 0 aliphatic heterocycles.